The number of nitrogens with one attached hydrogen (secondary N) is 1. The maximum atomic E-state index is 12.0. The summed E-state index contributed by atoms with van der Waals surface area (Å²) >= 11 is 0. The van der Waals surface area contributed by atoms with E-state index in [-0.39, 0.29) is 11.8 Å². The molecule has 3 heteroatoms. The molecule has 1 amide bonds. The van der Waals surface area contributed by atoms with Gasteiger partial charge in [-0.15, -0.1) is 0 Å². The highest BCUT2D eigenvalue weighted by Crippen LogP contribution is 2.32. The molecular weight excluding hydrogens is 236 g/mol. The van der Waals surface area contributed by atoms with E-state index in [1.807, 2.05) is 30.5 Å². The maximum Gasteiger partial charge on any atom is 0.237 e. The van der Waals surface area contributed by atoms with Gasteiger partial charge in [0.05, 0.1) is 6.04 Å². The summed E-state index contributed by atoms with van der Waals surface area (Å²) in [7, 11) is 0. The SMILES string of the molecule is C[C@H]1CCCC[C@@H]1N=CC1C(=O)Nc2ccccc21. The Morgan fingerprint density at radius 2 is 2.05 bits per heavy atom. The summed E-state index contributed by atoms with van der Waals surface area (Å²) in [4.78, 5) is 16.7. The molecule has 3 atom stereocenters. The third-order valence-electron chi connectivity index (χ3n) is 4.33. The van der Waals surface area contributed by atoms with Crippen LogP contribution < -0.4 is 5.32 Å². The molecule has 19 heavy (non-hydrogen) atoms. The Morgan fingerprint density at radius 1 is 1.26 bits per heavy atom. The normalized spacial score (nSPS) is 30.4. The molecule has 0 saturated heterocycles. The first kappa shape index (κ1) is 12.4. The lowest BCUT2D eigenvalue weighted by atomic mass is 9.86. The maximum absolute atomic E-state index is 12.0. The second-order valence-corrected chi connectivity index (χ2v) is 5.68. The Hall–Kier alpha value is -1.64. The number of carbonyl (C=O) groups excluding carboxylic acids is 1. The second-order valence-electron chi connectivity index (χ2n) is 5.68. The van der Waals surface area contributed by atoms with Gasteiger partial charge < -0.3 is 5.32 Å². The van der Waals surface area contributed by atoms with Crippen LogP contribution in [-0.4, -0.2) is 18.2 Å². The number of fused-ring (bicyclic) bond motifs is 1. The zero-order valence-electron chi connectivity index (χ0n) is 11.3. The average Bonchev–Trinajstić information content (AvgIpc) is 2.74. The molecule has 0 spiro atoms. The van der Waals surface area contributed by atoms with Crippen molar-refractivity contribution in [3.05, 3.63) is 29.8 Å². The summed E-state index contributed by atoms with van der Waals surface area (Å²) in [5.41, 5.74) is 1.99. The lowest BCUT2D eigenvalue weighted by molar-refractivity contribution is -0.115. The largest absolute Gasteiger partial charge is 0.325 e. The van der Waals surface area contributed by atoms with Gasteiger partial charge in [-0.3, -0.25) is 9.79 Å². The highest BCUT2D eigenvalue weighted by molar-refractivity contribution is 6.12. The molecule has 3 rings (SSSR count). The first-order chi connectivity index (χ1) is 9.25. The van der Waals surface area contributed by atoms with Gasteiger partial charge in [0.25, 0.3) is 0 Å². The molecule has 1 heterocycles. The molecule has 100 valence electrons. The number of hydrogen-bond acceptors (Lipinski definition) is 2. The zero-order chi connectivity index (χ0) is 13.2. The van der Waals surface area contributed by atoms with Crippen molar-refractivity contribution in [2.75, 3.05) is 5.32 Å². The van der Waals surface area contributed by atoms with Crippen LogP contribution in [0.4, 0.5) is 5.69 Å². The summed E-state index contributed by atoms with van der Waals surface area (Å²) in [6, 6.07) is 8.28. The lowest BCUT2D eigenvalue weighted by Gasteiger charge is -2.25. The van der Waals surface area contributed by atoms with Gasteiger partial charge in [0.1, 0.15) is 5.92 Å². The highest BCUT2D eigenvalue weighted by Gasteiger charge is 2.29. The van der Waals surface area contributed by atoms with Crippen LogP contribution in [0.25, 0.3) is 0 Å². The van der Waals surface area contributed by atoms with Crippen molar-refractivity contribution in [2.24, 2.45) is 10.9 Å². The van der Waals surface area contributed by atoms with Gasteiger partial charge in [0, 0.05) is 11.9 Å². The minimum atomic E-state index is -0.203. The van der Waals surface area contributed by atoms with Crippen LogP contribution in [-0.2, 0) is 4.79 Å². The van der Waals surface area contributed by atoms with E-state index in [1.54, 1.807) is 0 Å². The monoisotopic (exact) mass is 256 g/mol. The van der Waals surface area contributed by atoms with Crippen molar-refractivity contribution in [1.82, 2.24) is 0 Å². The van der Waals surface area contributed by atoms with Gasteiger partial charge >= 0.3 is 0 Å². The smallest absolute Gasteiger partial charge is 0.237 e. The van der Waals surface area contributed by atoms with Crippen LogP contribution in [0.3, 0.4) is 0 Å². The molecule has 3 nitrogen and oxygen atoms in total. The van der Waals surface area contributed by atoms with Gasteiger partial charge in [-0.2, -0.15) is 0 Å². The molecule has 0 bridgehead atoms. The average molecular weight is 256 g/mol. The third kappa shape index (κ3) is 2.42. The van der Waals surface area contributed by atoms with Gasteiger partial charge in [0.15, 0.2) is 0 Å². The molecule has 1 saturated carbocycles. The number of benzene rings is 1. The highest BCUT2D eigenvalue weighted by atomic mass is 16.2. The minimum Gasteiger partial charge on any atom is -0.325 e. The van der Waals surface area contributed by atoms with Gasteiger partial charge in [-0.1, -0.05) is 38.0 Å². The standard InChI is InChI=1S/C16H20N2O/c1-11-6-2-4-8-14(11)17-10-13-12-7-3-5-9-15(12)18-16(13)19/h3,5,7,9-11,13-14H,2,4,6,8H2,1H3,(H,18,19)/t11-,13?,14-/m0/s1. The van der Waals surface area contributed by atoms with E-state index >= 15 is 0 Å². The van der Waals surface area contributed by atoms with Crippen molar-refractivity contribution in [3.8, 4) is 0 Å². The Kier molecular flexibility index (Phi) is 3.36. The zero-order valence-corrected chi connectivity index (χ0v) is 11.3. The number of nitrogens with zero attached hydrogens (tertiary/aromatic N) is 1. The third-order valence-corrected chi connectivity index (χ3v) is 4.33. The van der Waals surface area contributed by atoms with Crippen molar-refractivity contribution >= 4 is 17.8 Å². The predicted octanol–water partition coefficient (Wildman–Crippen LogP) is 3.37. The molecule has 0 radical (unpaired) electrons. The number of anilines is 1. The van der Waals surface area contributed by atoms with E-state index in [4.69, 9.17) is 4.99 Å². The number of hydrogen-bond donors (Lipinski definition) is 1. The minimum absolute atomic E-state index is 0.0495. The Balaban J connectivity index is 1.77. The first-order valence-electron chi connectivity index (χ1n) is 7.19. The van der Waals surface area contributed by atoms with Gasteiger partial charge in [-0.25, -0.2) is 0 Å². The van der Waals surface area contributed by atoms with Crippen LogP contribution in [0.5, 0.6) is 0 Å². The molecule has 1 aromatic rings. The molecule has 1 aliphatic heterocycles. The summed E-state index contributed by atoms with van der Waals surface area (Å²) in [5.74, 6) is 0.489. The van der Waals surface area contributed by atoms with Crippen LogP contribution in [0.2, 0.25) is 0 Å². The Bertz CT molecular complexity index is 509. The van der Waals surface area contributed by atoms with E-state index in [0.29, 0.717) is 12.0 Å². The van der Waals surface area contributed by atoms with Crippen molar-refractivity contribution in [3.63, 3.8) is 0 Å². The molecule has 1 unspecified atom stereocenters. The predicted molar refractivity (Wildman–Crippen MR) is 77.7 cm³/mol. The second kappa shape index (κ2) is 5.16. The summed E-state index contributed by atoms with van der Waals surface area (Å²) < 4.78 is 0. The van der Waals surface area contributed by atoms with Crippen LogP contribution in [0.15, 0.2) is 29.3 Å². The molecule has 2 aliphatic rings. The summed E-state index contributed by atoms with van der Waals surface area (Å²) in [5, 5.41) is 2.92. The molecule has 1 aromatic carbocycles. The van der Waals surface area contributed by atoms with E-state index < -0.39 is 0 Å². The van der Waals surface area contributed by atoms with Crippen LogP contribution >= 0.6 is 0 Å². The number of amides is 1. The van der Waals surface area contributed by atoms with E-state index in [9.17, 15) is 4.79 Å². The number of rotatable bonds is 2. The Morgan fingerprint density at radius 3 is 2.89 bits per heavy atom. The van der Waals surface area contributed by atoms with Crippen molar-refractivity contribution < 1.29 is 4.79 Å². The molecule has 1 aliphatic carbocycles. The van der Waals surface area contributed by atoms with E-state index in [0.717, 1.165) is 17.7 Å². The first-order valence-corrected chi connectivity index (χ1v) is 7.19. The van der Waals surface area contributed by atoms with E-state index in [1.165, 1.54) is 19.3 Å². The molecular formula is C16H20N2O. The summed E-state index contributed by atoms with van der Waals surface area (Å²) in [6.07, 6.45) is 6.87. The Labute approximate surface area is 114 Å². The van der Waals surface area contributed by atoms with Crippen LogP contribution in [0.1, 0.15) is 44.1 Å². The molecule has 1 N–H and O–H groups in total. The number of para-hydroxylation sites is 1. The number of carbonyl (C=O) groups is 1. The quantitative estimate of drug-likeness (QED) is 0.810. The fourth-order valence-electron chi connectivity index (χ4n) is 3.10. The number of aliphatic imine (C=N–C) groups is 1. The van der Waals surface area contributed by atoms with Crippen molar-refractivity contribution in [1.29, 1.82) is 0 Å². The fourth-order valence-corrected chi connectivity index (χ4v) is 3.10. The van der Waals surface area contributed by atoms with Crippen LogP contribution in [0, 0.1) is 5.92 Å². The van der Waals surface area contributed by atoms with Crippen molar-refractivity contribution in [2.45, 2.75) is 44.6 Å². The lowest BCUT2D eigenvalue weighted by Crippen LogP contribution is -2.22. The summed E-state index contributed by atoms with van der Waals surface area (Å²) in [6.45, 7) is 2.27. The topological polar surface area (TPSA) is 41.5 Å². The molecule has 1 fully saturated rings. The fraction of sp³-hybridized carbons (Fsp3) is 0.500. The van der Waals surface area contributed by atoms with Gasteiger partial charge in [-0.05, 0) is 30.4 Å². The van der Waals surface area contributed by atoms with E-state index in [2.05, 4.69) is 12.2 Å². The molecule has 0 aromatic heterocycles. The van der Waals surface area contributed by atoms with Gasteiger partial charge in [0.2, 0.25) is 5.91 Å².